The van der Waals surface area contributed by atoms with Gasteiger partial charge in [0.15, 0.2) is 5.57 Å². The summed E-state index contributed by atoms with van der Waals surface area (Å²) in [7, 11) is -3.57. The Morgan fingerprint density at radius 3 is 2.17 bits per heavy atom. The minimum Gasteiger partial charge on any atom is -0.345 e. The molecule has 0 radical (unpaired) electrons. The molecule has 7 nitrogen and oxygen atoms in total. The lowest BCUT2D eigenvalue weighted by atomic mass is 10.2. The highest BCUT2D eigenvalue weighted by atomic mass is 32.2. The van der Waals surface area contributed by atoms with Gasteiger partial charge in [0, 0.05) is 12.2 Å². The Hall–Kier alpha value is -2.86. The molecular weight excluding hydrogens is 314 g/mol. The Bertz CT molecular complexity index is 789. The van der Waals surface area contributed by atoms with Gasteiger partial charge in [0.2, 0.25) is 10.0 Å². The summed E-state index contributed by atoms with van der Waals surface area (Å²) in [5.41, 5.74) is -0.130. The quantitative estimate of drug-likeness (QED) is 0.581. The molecule has 1 aromatic carbocycles. The molecular formula is C15H15N5O2S. The van der Waals surface area contributed by atoms with E-state index in [0.717, 1.165) is 12.8 Å². The number of nitrogens with zero attached hydrogens (tertiary/aromatic N) is 3. The second kappa shape index (κ2) is 8.55. The first-order valence-electron chi connectivity index (χ1n) is 6.79. The summed E-state index contributed by atoms with van der Waals surface area (Å²) in [4.78, 5) is 0.0995. The Balaban J connectivity index is 2.94. The highest BCUT2D eigenvalue weighted by Crippen LogP contribution is 2.16. The first-order valence-corrected chi connectivity index (χ1v) is 8.28. The molecule has 0 atom stereocenters. The maximum atomic E-state index is 12.0. The largest absolute Gasteiger partial charge is 0.345 e. The number of nitrogens with one attached hydrogen (secondary N) is 2. The molecule has 0 fully saturated rings. The van der Waals surface area contributed by atoms with E-state index in [1.165, 1.54) is 24.3 Å². The van der Waals surface area contributed by atoms with E-state index in [4.69, 9.17) is 15.8 Å². The van der Waals surface area contributed by atoms with Crippen molar-refractivity contribution in [3.05, 3.63) is 35.5 Å². The van der Waals surface area contributed by atoms with Crippen molar-refractivity contribution >= 4 is 15.7 Å². The number of allylic oxidation sites excluding steroid dienone is 2. The molecule has 1 rings (SSSR count). The molecule has 2 N–H and O–H groups in total. The van der Waals surface area contributed by atoms with E-state index in [1.54, 1.807) is 18.2 Å². The summed E-state index contributed by atoms with van der Waals surface area (Å²) in [6.07, 6.45) is 1.63. The zero-order chi connectivity index (χ0) is 17.3. The molecule has 1 aromatic rings. The molecule has 0 aliphatic carbocycles. The molecule has 0 saturated carbocycles. The summed E-state index contributed by atoms with van der Waals surface area (Å²) < 4.78 is 26.5. The van der Waals surface area contributed by atoms with Crippen molar-refractivity contribution in [2.45, 2.75) is 24.7 Å². The van der Waals surface area contributed by atoms with Crippen molar-refractivity contribution in [3.8, 4) is 18.2 Å². The van der Waals surface area contributed by atoms with Crippen LogP contribution in [-0.2, 0) is 10.0 Å². The highest BCUT2D eigenvalue weighted by Gasteiger charge is 2.13. The van der Waals surface area contributed by atoms with Gasteiger partial charge in [-0.3, -0.25) is 0 Å². The van der Waals surface area contributed by atoms with E-state index in [0.29, 0.717) is 12.2 Å². The number of nitriles is 3. The Kier molecular flexibility index (Phi) is 6.76. The number of unbranched alkanes of at least 4 members (excludes halogenated alkanes) is 1. The molecule has 0 bridgehead atoms. The SMILES string of the molecule is CCCCNS(=O)(=O)c1ccc(NC(C#N)=C(C#N)C#N)cc1. The van der Waals surface area contributed by atoms with Crippen LogP contribution in [0.15, 0.2) is 40.4 Å². The maximum Gasteiger partial charge on any atom is 0.240 e. The van der Waals surface area contributed by atoms with E-state index >= 15 is 0 Å². The van der Waals surface area contributed by atoms with Crippen molar-refractivity contribution < 1.29 is 8.42 Å². The number of hydrogen-bond acceptors (Lipinski definition) is 6. The van der Waals surface area contributed by atoms with Gasteiger partial charge in [-0.05, 0) is 30.7 Å². The van der Waals surface area contributed by atoms with Gasteiger partial charge in [0.1, 0.15) is 23.9 Å². The van der Waals surface area contributed by atoms with E-state index in [1.807, 2.05) is 6.92 Å². The van der Waals surface area contributed by atoms with Crippen LogP contribution in [0.3, 0.4) is 0 Å². The monoisotopic (exact) mass is 329 g/mol. The number of hydrogen-bond donors (Lipinski definition) is 2. The fourth-order valence-electron chi connectivity index (χ4n) is 1.61. The Morgan fingerprint density at radius 1 is 1.09 bits per heavy atom. The van der Waals surface area contributed by atoms with Gasteiger partial charge in [0.05, 0.1) is 4.90 Å². The lowest BCUT2D eigenvalue weighted by molar-refractivity contribution is 0.578. The Labute approximate surface area is 135 Å². The molecule has 0 amide bonds. The molecule has 0 saturated heterocycles. The first-order chi connectivity index (χ1) is 11.0. The summed E-state index contributed by atoms with van der Waals surface area (Å²) in [6, 6.07) is 10.6. The molecule has 0 aliphatic heterocycles. The number of benzene rings is 1. The van der Waals surface area contributed by atoms with Crippen LogP contribution in [-0.4, -0.2) is 15.0 Å². The molecule has 0 spiro atoms. The molecule has 23 heavy (non-hydrogen) atoms. The average Bonchev–Trinajstić information content (AvgIpc) is 2.55. The number of anilines is 1. The third-order valence-electron chi connectivity index (χ3n) is 2.84. The van der Waals surface area contributed by atoms with Crippen molar-refractivity contribution in [1.82, 2.24) is 4.72 Å². The topological polar surface area (TPSA) is 130 Å². The van der Waals surface area contributed by atoms with E-state index in [-0.39, 0.29) is 16.2 Å². The maximum absolute atomic E-state index is 12.0. The fraction of sp³-hybridized carbons (Fsp3) is 0.267. The standard InChI is InChI=1S/C15H15N5O2S/c1-2-3-8-19-23(21,22)14-6-4-13(5-7-14)20-15(11-18)12(9-16)10-17/h4-7,19-20H,2-3,8H2,1H3. The molecule has 0 aliphatic rings. The van der Waals surface area contributed by atoms with Gasteiger partial charge in [-0.15, -0.1) is 0 Å². The third kappa shape index (κ3) is 5.12. The zero-order valence-corrected chi connectivity index (χ0v) is 13.3. The fourth-order valence-corrected chi connectivity index (χ4v) is 2.69. The van der Waals surface area contributed by atoms with E-state index < -0.39 is 10.0 Å². The molecule has 0 heterocycles. The minimum absolute atomic E-state index is 0.0995. The van der Waals surface area contributed by atoms with Crippen LogP contribution in [0.4, 0.5) is 5.69 Å². The summed E-state index contributed by atoms with van der Waals surface area (Å²) in [5.74, 6) is 0. The zero-order valence-electron chi connectivity index (χ0n) is 12.5. The van der Waals surface area contributed by atoms with Crippen LogP contribution < -0.4 is 10.0 Å². The summed E-state index contributed by atoms with van der Waals surface area (Å²) in [6.45, 7) is 2.33. The van der Waals surface area contributed by atoms with Crippen LogP contribution in [0.2, 0.25) is 0 Å². The smallest absolute Gasteiger partial charge is 0.240 e. The highest BCUT2D eigenvalue weighted by molar-refractivity contribution is 7.89. The molecule has 118 valence electrons. The predicted molar refractivity (Wildman–Crippen MR) is 84.0 cm³/mol. The summed E-state index contributed by atoms with van der Waals surface area (Å²) in [5, 5.41) is 29.1. The van der Waals surface area contributed by atoms with Gasteiger partial charge >= 0.3 is 0 Å². The van der Waals surface area contributed by atoms with Crippen LogP contribution in [0.5, 0.6) is 0 Å². The average molecular weight is 329 g/mol. The van der Waals surface area contributed by atoms with Crippen molar-refractivity contribution in [2.24, 2.45) is 0 Å². The van der Waals surface area contributed by atoms with Crippen LogP contribution in [0, 0.1) is 34.0 Å². The third-order valence-corrected chi connectivity index (χ3v) is 4.32. The minimum atomic E-state index is -3.57. The second-order valence-electron chi connectivity index (χ2n) is 4.49. The van der Waals surface area contributed by atoms with Crippen molar-refractivity contribution in [3.63, 3.8) is 0 Å². The predicted octanol–water partition coefficient (Wildman–Crippen LogP) is 2.00. The lowest BCUT2D eigenvalue weighted by Gasteiger charge is -2.08. The first kappa shape index (κ1) is 18.2. The Morgan fingerprint density at radius 2 is 1.70 bits per heavy atom. The van der Waals surface area contributed by atoms with Gasteiger partial charge in [-0.25, -0.2) is 13.1 Å². The molecule has 0 unspecified atom stereocenters. The number of sulfonamides is 1. The second-order valence-corrected chi connectivity index (χ2v) is 6.25. The van der Waals surface area contributed by atoms with Crippen LogP contribution in [0.1, 0.15) is 19.8 Å². The summed E-state index contributed by atoms with van der Waals surface area (Å²) >= 11 is 0. The van der Waals surface area contributed by atoms with Gasteiger partial charge in [-0.2, -0.15) is 15.8 Å². The van der Waals surface area contributed by atoms with Gasteiger partial charge in [0.25, 0.3) is 0 Å². The van der Waals surface area contributed by atoms with E-state index in [9.17, 15) is 8.42 Å². The molecule has 0 aromatic heterocycles. The van der Waals surface area contributed by atoms with E-state index in [2.05, 4.69) is 10.0 Å². The van der Waals surface area contributed by atoms with Crippen molar-refractivity contribution in [1.29, 1.82) is 15.8 Å². The number of rotatable bonds is 7. The normalized spacial score (nSPS) is 10.0. The van der Waals surface area contributed by atoms with Gasteiger partial charge in [-0.1, -0.05) is 13.3 Å². The van der Waals surface area contributed by atoms with Crippen LogP contribution in [0.25, 0.3) is 0 Å². The lowest BCUT2D eigenvalue weighted by Crippen LogP contribution is -2.24. The van der Waals surface area contributed by atoms with Crippen LogP contribution >= 0.6 is 0 Å². The molecule has 8 heteroatoms. The van der Waals surface area contributed by atoms with Crippen molar-refractivity contribution in [2.75, 3.05) is 11.9 Å². The van der Waals surface area contributed by atoms with Gasteiger partial charge < -0.3 is 5.32 Å².